The molecule has 0 saturated carbocycles. The van der Waals surface area contributed by atoms with Crippen LogP contribution in [0, 0.1) is 5.41 Å². The molecule has 0 fully saturated rings. The first kappa shape index (κ1) is 14.0. The number of aromatic nitrogens is 1. The van der Waals surface area contributed by atoms with Crippen molar-refractivity contribution in [1.29, 1.82) is 0 Å². The summed E-state index contributed by atoms with van der Waals surface area (Å²) >= 11 is 6.97. The van der Waals surface area contributed by atoms with Crippen molar-refractivity contribution in [2.24, 2.45) is 5.41 Å². The Bertz CT molecular complexity index is 388. The normalized spacial score (nSPS) is 11.8. The van der Waals surface area contributed by atoms with Gasteiger partial charge in [-0.3, -0.25) is 4.79 Å². The van der Waals surface area contributed by atoms with Gasteiger partial charge in [-0.25, -0.2) is 0 Å². The first-order valence-electron chi connectivity index (χ1n) is 5.49. The number of alkyl halides is 1. The van der Waals surface area contributed by atoms with Gasteiger partial charge in [0, 0.05) is 28.6 Å². The van der Waals surface area contributed by atoms with Crippen LogP contribution < -0.4 is 5.56 Å². The van der Waals surface area contributed by atoms with Gasteiger partial charge in [-0.1, -0.05) is 29.8 Å². The van der Waals surface area contributed by atoms with Crippen LogP contribution in [0.3, 0.4) is 0 Å². The zero-order chi connectivity index (χ0) is 12.2. The molecule has 1 aromatic rings. The molecule has 0 radical (unpaired) electrons. The predicted octanol–water partition coefficient (Wildman–Crippen LogP) is 3.81. The molecule has 0 amide bonds. The summed E-state index contributed by atoms with van der Waals surface area (Å²) in [6.07, 6.45) is 3.99. The quantitative estimate of drug-likeness (QED) is 0.740. The number of pyridine rings is 1. The number of hydrogen-bond donors (Lipinski definition) is 0. The molecule has 0 aliphatic carbocycles. The maximum atomic E-state index is 11.7. The highest BCUT2D eigenvalue weighted by atomic mass is 79.9. The fourth-order valence-corrected chi connectivity index (χ4v) is 3.04. The van der Waals surface area contributed by atoms with E-state index in [2.05, 4.69) is 45.7 Å². The number of hydrogen-bond acceptors (Lipinski definition) is 1. The van der Waals surface area contributed by atoms with Crippen molar-refractivity contribution >= 4 is 31.9 Å². The van der Waals surface area contributed by atoms with Crippen LogP contribution in [0.5, 0.6) is 0 Å². The average molecular weight is 351 g/mol. The van der Waals surface area contributed by atoms with Crippen molar-refractivity contribution in [3.05, 3.63) is 33.2 Å². The minimum atomic E-state index is 0.0652. The van der Waals surface area contributed by atoms with E-state index in [1.54, 1.807) is 16.7 Å². The summed E-state index contributed by atoms with van der Waals surface area (Å²) in [5.41, 5.74) is 0.236. The average Bonchev–Trinajstić information content (AvgIpc) is 2.31. The van der Waals surface area contributed by atoms with Gasteiger partial charge in [0.05, 0.1) is 0 Å². The molecular weight excluding hydrogens is 334 g/mol. The highest BCUT2D eigenvalue weighted by Crippen LogP contribution is 2.30. The van der Waals surface area contributed by atoms with Crippen molar-refractivity contribution in [2.45, 2.75) is 33.2 Å². The molecule has 0 aliphatic rings. The maximum Gasteiger partial charge on any atom is 0.250 e. The fraction of sp³-hybridized carbons (Fsp3) is 0.583. The van der Waals surface area contributed by atoms with Gasteiger partial charge < -0.3 is 4.57 Å². The Morgan fingerprint density at radius 1 is 1.31 bits per heavy atom. The molecule has 4 heteroatoms. The van der Waals surface area contributed by atoms with Crippen molar-refractivity contribution in [2.75, 3.05) is 5.33 Å². The molecule has 2 nitrogen and oxygen atoms in total. The molecule has 0 N–H and O–H groups in total. The molecule has 1 aromatic heterocycles. The SMILES string of the molecule is CCC(CC)(CBr)Cn1cc(Br)ccc1=O. The Labute approximate surface area is 113 Å². The molecule has 16 heavy (non-hydrogen) atoms. The molecule has 0 spiro atoms. The Balaban J connectivity index is 3.02. The van der Waals surface area contributed by atoms with Gasteiger partial charge in [-0.15, -0.1) is 0 Å². The van der Waals surface area contributed by atoms with Crippen molar-refractivity contribution in [1.82, 2.24) is 4.57 Å². The van der Waals surface area contributed by atoms with Crippen LogP contribution in [0.15, 0.2) is 27.6 Å². The van der Waals surface area contributed by atoms with Crippen LogP contribution in [-0.4, -0.2) is 9.90 Å². The lowest BCUT2D eigenvalue weighted by molar-refractivity contribution is 0.256. The third-order valence-corrected chi connectivity index (χ3v) is 4.90. The van der Waals surface area contributed by atoms with Crippen molar-refractivity contribution in [3.8, 4) is 0 Å². The zero-order valence-electron chi connectivity index (χ0n) is 9.67. The summed E-state index contributed by atoms with van der Waals surface area (Å²) in [4.78, 5) is 11.7. The Hall–Kier alpha value is -0.0900. The summed E-state index contributed by atoms with van der Waals surface area (Å²) in [5.74, 6) is 0. The highest BCUT2D eigenvalue weighted by Gasteiger charge is 2.25. The first-order valence-corrected chi connectivity index (χ1v) is 7.40. The smallest absolute Gasteiger partial charge is 0.250 e. The summed E-state index contributed by atoms with van der Waals surface area (Å²) in [6, 6.07) is 3.39. The molecule has 1 rings (SSSR count). The molecule has 1 heterocycles. The van der Waals surface area contributed by atoms with Crippen molar-refractivity contribution < 1.29 is 0 Å². The van der Waals surface area contributed by atoms with E-state index < -0.39 is 0 Å². The number of halogens is 2. The summed E-state index contributed by atoms with van der Waals surface area (Å²) in [5, 5.41) is 0.923. The molecule has 0 unspecified atom stereocenters. The van der Waals surface area contributed by atoms with Crippen LogP contribution in [-0.2, 0) is 6.54 Å². The lowest BCUT2D eigenvalue weighted by Gasteiger charge is -2.30. The minimum Gasteiger partial charge on any atom is -0.314 e. The molecule has 90 valence electrons. The topological polar surface area (TPSA) is 22.0 Å². The fourth-order valence-electron chi connectivity index (χ4n) is 1.69. The molecule has 0 bridgehead atoms. The van der Waals surface area contributed by atoms with E-state index >= 15 is 0 Å². The molecule has 0 atom stereocenters. The Kier molecular flexibility index (Phi) is 5.25. The van der Waals surface area contributed by atoms with Gasteiger partial charge in [-0.05, 0) is 40.3 Å². The van der Waals surface area contributed by atoms with Crippen LogP contribution in [0.4, 0.5) is 0 Å². The summed E-state index contributed by atoms with van der Waals surface area (Å²) in [6.45, 7) is 5.12. The lowest BCUT2D eigenvalue weighted by Crippen LogP contribution is -2.32. The second-order valence-electron chi connectivity index (χ2n) is 4.15. The molecule has 0 saturated heterocycles. The van der Waals surface area contributed by atoms with Crippen LogP contribution >= 0.6 is 31.9 Å². The highest BCUT2D eigenvalue weighted by molar-refractivity contribution is 9.10. The standard InChI is InChI=1S/C12H17Br2NO/c1-3-12(4-2,8-13)9-15-7-10(14)5-6-11(15)16/h5-7H,3-4,8-9H2,1-2H3. The second-order valence-corrected chi connectivity index (χ2v) is 5.63. The molecule has 0 aromatic carbocycles. The third kappa shape index (κ3) is 3.20. The Morgan fingerprint density at radius 3 is 2.44 bits per heavy atom. The van der Waals surface area contributed by atoms with E-state index in [4.69, 9.17) is 0 Å². The van der Waals surface area contributed by atoms with Gasteiger partial charge >= 0.3 is 0 Å². The number of nitrogens with zero attached hydrogens (tertiary/aromatic N) is 1. The second kappa shape index (κ2) is 6.01. The monoisotopic (exact) mass is 349 g/mol. The largest absolute Gasteiger partial charge is 0.314 e. The summed E-state index contributed by atoms with van der Waals surface area (Å²) < 4.78 is 2.74. The first-order chi connectivity index (χ1) is 7.56. The molecular formula is C12H17Br2NO. The molecule has 0 aliphatic heterocycles. The van der Waals surface area contributed by atoms with Crippen LogP contribution in [0.25, 0.3) is 0 Å². The van der Waals surface area contributed by atoms with E-state index in [9.17, 15) is 4.79 Å². The van der Waals surface area contributed by atoms with E-state index in [0.29, 0.717) is 0 Å². The van der Waals surface area contributed by atoms with Crippen molar-refractivity contribution in [3.63, 3.8) is 0 Å². The van der Waals surface area contributed by atoms with E-state index in [-0.39, 0.29) is 11.0 Å². The van der Waals surface area contributed by atoms with Gasteiger partial charge in [0.1, 0.15) is 0 Å². The van der Waals surface area contributed by atoms with Gasteiger partial charge in [0.2, 0.25) is 0 Å². The Morgan fingerprint density at radius 2 is 1.94 bits per heavy atom. The zero-order valence-corrected chi connectivity index (χ0v) is 12.8. The van der Waals surface area contributed by atoms with E-state index in [1.807, 2.05) is 6.20 Å². The predicted molar refractivity (Wildman–Crippen MR) is 75.2 cm³/mol. The van der Waals surface area contributed by atoms with Gasteiger partial charge in [0.15, 0.2) is 0 Å². The van der Waals surface area contributed by atoms with Gasteiger partial charge in [-0.2, -0.15) is 0 Å². The van der Waals surface area contributed by atoms with Crippen LogP contribution in [0.1, 0.15) is 26.7 Å². The van der Waals surface area contributed by atoms with Crippen LogP contribution in [0.2, 0.25) is 0 Å². The maximum absolute atomic E-state index is 11.7. The van der Waals surface area contributed by atoms with E-state index in [0.717, 1.165) is 29.2 Å². The summed E-state index contributed by atoms with van der Waals surface area (Å²) in [7, 11) is 0. The van der Waals surface area contributed by atoms with E-state index in [1.165, 1.54) is 0 Å². The third-order valence-electron chi connectivity index (χ3n) is 3.24. The van der Waals surface area contributed by atoms with Gasteiger partial charge in [0.25, 0.3) is 5.56 Å². The lowest BCUT2D eigenvalue weighted by atomic mass is 9.84. The minimum absolute atomic E-state index is 0.0652. The number of rotatable bonds is 5.